The zero-order chi connectivity index (χ0) is 13.2. The monoisotopic (exact) mass is 246 g/mol. The molecule has 0 atom stereocenters. The molecular weight excluding hydrogens is 232 g/mol. The fourth-order valence-corrected chi connectivity index (χ4v) is 2.31. The van der Waals surface area contributed by atoms with Crippen LogP contribution in [0.2, 0.25) is 0 Å². The number of allylic oxidation sites excluding steroid dienone is 4. The van der Waals surface area contributed by atoms with Crippen LogP contribution in [0.25, 0.3) is 27.5 Å². The van der Waals surface area contributed by atoms with Crippen LogP contribution in [0.15, 0.2) is 78.3 Å². The van der Waals surface area contributed by atoms with Crippen LogP contribution in [0.5, 0.6) is 0 Å². The summed E-state index contributed by atoms with van der Waals surface area (Å²) in [5.74, 6) is 0. The summed E-state index contributed by atoms with van der Waals surface area (Å²) in [6.07, 6.45) is 5.57. The molecule has 0 fully saturated rings. The molecule has 0 aliphatic rings. The van der Waals surface area contributed by atoms with E-state index in [2.05, 4.69) is 25.3 Å². The van der Waals surface area contributed by atoms with Gasteiger partial charge in [-0.1, -0.05) is 55.7 Å². The molecule has 0 unspecified atom stereocenters. The van der Waals surface area contributed by atoms with Gasteiger partial charge in [0, 0.05) is 10.8 Å². The molecule has 2 aromatic carbocycles. The van der Waals surface area contributed by atoms with Gasteiger partial charge >= 0.3 is 0 Å². The zero-order valence-electron chi connectivity index (χ0n) is 10.6. The number of hydrogen-bond acceptors (Lipinski definition) is 1. The maximum Gasteiger partial charge on any atom is 0.135 e. The lowest BCUT2D eigenvalue weighted by molar-refractivity contribution is 0.669. The lowest BCUT2D eigenvalue weighted by Gasteiger charge is -2.01. The van der Waals surface area contributed by atoms with Crippen LogP contribution in [0, 0.1) is 0 Å². The van der Waals surface area contributed by atoms with Crippen LogP contribution in [0.3, 0.4) is 0 Å². The Balaban J connectivity index is 2.30. The van der Waals surface area contributed by atoms with Gasteiger partial charge in [0.05, 0.1) is 0 Å². The van der Waals surface area contributed by atoms with Crippen molar-refractivity contribution in [1.82, 2.24) is 0 Å². The Morgan fingerprint density at radius 2 is 1.74 bits per heavy atom. The Morgan fingerprint density at radius 1 is 0.947 bits per heavy atom. The van der Waals surface area contributed by atoms with Gasteiger partial charge in [-0.25, -0.2) is 0 Å². The summed E-state index contributed by atoms with van der Waals surface area (Å²) in [7, 11) is 0. The summed E-state index contributed by atoms with van der Waals surface area (Å²) in [4.78, 5) is 0. The summed E-state index contributed by atoms with van der Waals surface area (Å²) in [5, 5.41) is 2.27. The van der Waals surface area contributed by atoms with Gasteiger partial charge in [0.2, 0.25) is 0 Å². The van der Waals surface area contributed by atoms with E-state index >= 15 is 0 Å². The predicted molar refractivity (Wildman–Crippen MR) is 82.1 cm³/mol. The third kappa shape index (κ3) is 1.89. The van der Waals surface area contributed by atoms with Crippen molar-refractivity contribution < 1.29 is 4.42 Å². The molecule has 0 radical (unpaired) electrons. The van der Waals surface area contributed by atoms with Gasteiger partial charge in [-0.05, 0) is 29.3 Å². The summed E-state index contributed by atoms with van der Waals surface area (Å²) < 4.78 is 5.82. The van der Waals surface area contributed by atoms with E-state index in [1.54, 1.807) is 6.08 Å². The smallest absolute Gasteiger partial charge is 0.135 e. The molecule has 92 valence electrons. The number of benzene rings is 2. The summed E-state index contributed by atoms with van der Waals surface area (Å²) >= 11 is 0. The lowest BCUT2D eigenvalue weighted by Crippen LogP contribution is -1.79. The van der Waals surface area contributed by atoms with Crippen molar-refractivity contribution in [3.63, 3.8) is 0 Å². The van der Waals surface area contributed by atoms with Crippen LogP contribution < -0.4 is 0 Å². The van der Waals surface area contributed by atoms with Crippen molar-refractivity contribution in [3.05, 3.63) is 79.4 Å². The summed E-state index contributed by atoms with van der Waals surface area (Å²) in [6, 6.07) is 14.3. The average molecular weight is 246 g/mol. The molecule has 0 saturated heterocycles. The summed E-state index contributed by atoms with van der Waals surface area (Å²) in [5.41, 5.74) is 4.01. The van der Waals surface area contributed by atoms with E-state index in [0.29, 0.717) is 0 Å². The topological polar surface area (TPSA) is 13.1 Å². The Morgan fingerprint density at radius 3 is 2.53 bits per heavy atom. The first kappa shape index (κ1) is 11.5. The molecule has 0 bridgehead atoms. The Hall–Kier alpha value is -2.54. The van der Waals surface area contributed by atoms with E-state index in [1.807, 2.05) is 42.5 Å². The van der Waals surface area contributed by atoms with Crippen molar-refractivity contribution in [1.29, 1.82) is 0 Å². The highest BCUT2D eigenvalue weighted by molar-refractivity contribution is 6.06. The zero-order valence-corrected chi connectivity index (χ0v) is 10.6. The SMILES string of the molecule is C=C/C=C(\C=C)c1ccc2oc3ccccc3c2c1. The van der Waals surface area contributed by atoms with Gasteiger partial charge in [0.25, 0.3) is 0 Å². The van der Waals surface area contributed by atoms with Crippen molar-refractivity contribution >= 4 is 27.5 Å². The Labute approximate surface area is 112 Å². The normalized spacial score (nSPS) is 11.9. The van der Waals surface area contributed by atoms with Crippen LogP contribution in [-0.4, -0.2) is 0 Å². The molecule has 1 nitrogen and oxygen atoms in total. The number of rotatable bonds is 3. The first-order chi connectivity index (χ1) is 9.33. The summed E-state index contributed by atoms with van der Waals surface area (Å²) in [6.45, 7) is 7.58. The molecule has 0 saturated carbocycles. The van der Waals surface area contributed by atoms with Crippen LogP contribution >= 0.6 is 0 Å². The van der Waals surface area contributed by atoms with E-state index < -0.39 is 0 Å². The minimum Gasteiger partial charge on any atom is -0.456 e. The van der Waals surface area contributed by atoms with E-state index in [9.17, 15) is 0 Å². The minimum absolute atomic E-state index is 0.909. The molecule has 0 N–H and O–H groups in total. The quantitative estimate of drug-likeness (QED) is 0.568. The molecule has 0 amide bonds. The molecule has 19 heavy (non-hydrogen) atoms. The van der Waals surface area contributed by atoms with Crippen LogP contribution in [0.4, 0.5) is 0 Å². The lowest BCUT2D eigenvalue weighted by atomic mass is 10.0. The van der Waals surface area contributed by atoms with Gasteiger partial charge in [-0.15, -0.1) is 0 Å². The largest absolute Gasteiger partial charge is 0.456 e. The molecule has 3 rings (SSSR count). The standard InChI is InChI=1S/C18H14O/c1-3-7-13(4-2)14-10-11-18-16(12-14)15-8-5-6-9-17(15)19-18/h3-12H,1-2H2/b13-7+. The molecule has 0 spiro atoms. The van der Waals surface area contributed by atoms with Crippen molar-refractivity contribution in [3.8, 4) is 0 Å². The number of furan rings is 1. The molecule has 3 aromatic rings. The highest BCUT2D eigenvalue weighted by Crippen LogP contribution is 2.31. The number of para-hydroxylation sites is 1. The molecule has 1 heteroatoms. The van der Waals surface area contributed by atoms with Crippen LogP contribution in [0.1, 0.15) is 5.56 Å². The number of fused-ring (bicyclic) bond motifs is 3. The molecular formula is C18H14O. The molecule has 0 aliphatic heterocycles. The number of hydrogen-bond donors (Lipinski definition) is 0. The second-order valence-electron chi connectivity index (χ2n) is 4.37. The highest BCUT2D eigenvalue weighted by Gasteiger charge is 2.07. The third-order valence-electron chi connectivity index (χ3n) is 3.23. The van der Waals surface area contributed by atoms with Crippen LogP contribution in [-0.2, 0) is 0 Å². The van der Waals surface area contributed by atoms with E-state index in [0.717, 1.165) is 33.1 Å². The van der Waals surface area contributed by atoms with Crippen molar-refractivity contribution in [2.24, 2.45) is 0 Å². The van der Waals surface area contributed by atoms with Gasteiger partial charge in [0.1, 0.15) is 11.2 Å². The fraction of sp³-hybridized carbons (Fsp3) is 0. The van der Waals surface area contributed by atoms with Gasteiger partial charge in [-0.3, -0.25) is 0 Å². The van der Waals surface area contributed by atoms with Gasteiger partial charge in [0.15, 0.2) is 0 Å². The van der Waals surface area contributed by atoms with Crippen molar-refractivity contribution in [2.75, 3.05) is 0 Å². The second-order valence-corrected chi connectivity index (χ2v) is 4.37. The third-order valence-corrected chi connectivity index (χ3v) is 3.23. The Kier molecular flexibility index (Phi) is 2.81. The van der Waals surface area contributed by atoms with Gasteiger partial charge < -0.3 is 4.42 Å². The maximum absolute atomic E-state index is 5.82. The van der Waals surface area contributed by atoms with Crippen molar-refractivity contribution in [2.45, 2.75) is 0 Å². The first-order valence-electron chi connectivity index (χ1n) is 6.20. The van der Waals surface area contributed by atoms with E-state index in [4.69, 9.17) is 4.42 Å². The molecule has 1 heterocycles. The predicted octanol–water partition coefficient (Wildman–Crippen LogP) is 5.34. The Bertz CT molecular complexity index is 803. The van der Waals surface area contributed by atoms with E-state index in [1.165, 1.54) is 0 Å². The maximum atomic E-state index is 5.82. The minimum atomic E-state index is 0.909. The average Bonchev–Trinajstić information content (AvgIpc) is 2.82. The second kappa shape index (κ2) is 4.62. The molecule has 0 aliphatic carbocycles. The van der Waals surface area contributed by atoms with Gasteiger partial charge in [-0.2, -0.15) is 0 Å². The molecule has 1 aromatic heterocycles. The fourth-order valence-electron chi connectivity index (χ4n) is 2.31. The van der Waals surface area contributed by atoms with E-state index in [-0.39, 0.29) is 0 Å². The first-order valence-corrected chi connectivity index (χ1v) is 6.20. The highest BCUT2D eigenvalue weighted by atomic mass is 16.3.